The van der Waals surface area contributed by atoms with E-state index in [4.69, 9.17) is 14.2 Å². The molecule has 1 fully saturated rings. The van der Waals surface area contributed by atoms with Crippen molar-refractivity contribution in [1.29, 1.82) is 0 Å². The minimum atomic E-state index is -0.246. The number of hydrogen-bond acceptors (Lipinski definition) is 5. The highest BCUT2D eigenvalue weighted by atomic mass is 16.5. The zero-order chi connectivity index (χ0) is 21.7. The number of nitrogens with one attached hydrogen (secondary N) is 1. The number of amides is 2. The van der Waals surface area contributed by atoms with E-state index in [0.29, 0.717) is 41.5 Å². The van der Waals surface area contributed by atoms with Crippen LogP contribution in [0.2, 0.25) is 0 Å². The van der Waals surface area contributed by atoms with Crippen LogP contribution in [0.4, 0.5) is 0 Å². The Kier molecular flexibility index (Phi) is 8.27. The first-order valence-corrected chi connectivity index (χ1v) is 9.93. The second-order valence-electron chi connectivity index (χ2n) is 7.34. The molecule has 168 valence electrons. The average Bonchev–Trinajstić information content (AvgIpc) is 2.78. The number of piperidine rings is 1. The Morgan fingerprint density at radius 1 is 0.968 bits per heavy atom. The third-order valence-electron chi connectivity index (χ3n) is 5.27. The fourth-order valence-corrected chi connectivity index (χ4v) is 3.64. The van der Waals surface area contributed by atoms with Gasteiger partial charge in [-0.3, -0.25) is 9.59 Å². The molecule has 0 radical (unpaired) electrons. The van der Waals surface area contributed by atoms with Crippen molar-refractivity contribution in [2.24, 2.45) is 0 Å². The van der Waals surface area contributed by atoms with E-state index in [2.05, 4.69) is 5.32 Å². The standard InChI is InChI=1S/C23H28N2O5.H2O/c1-15-7-9-16(10-8-15)23(27)25-11-5-6-18(14-25)24-22(26)17-12-19(28-2)21(30-4)20(13-17)29-3;/h7-10,12-13,18H,5-6,11,14H2,1-4H3,(H,24,26);1H2. The van der Waals surface area contributed by atoms with Gasteiger partial charge in [0.1, 0.15) is 0 Å². The lowest BCUT2D eigenvalue weighted by Gasteiger charge is -2.33. The average molecular weight is 431 g/mol. The van der Waals surface area contributed by atoms with Gasteiger partial charge in [0.05, 0.1) is 21.3 Å². The Morgan fingerprint density at radius 2 is 1.58 bits per heavy atom. The summed E-state index contributed by atoms with van der Waals surface area (Å²) in [6.07, 6.45) is 1.64. The molecular formula is C23H30N2O6. The minimum absolute atomic E-state index is 0. The fourth-order valence-electron chi connectivity index (χ4n) is 3.64. The molecule has 0 aliphatic carbocycles. The van der Waals surface area contributed by atoms with Crippen LogP contribution < -0.4 is 19.5 Å². The molecule has 3 N–H and O–H groups in total. The molecule has 8 nitrogen and oxygen atoms in total. The van der Waals surface area contributed by atoms with Crippen LogP contribution in [0.15, 0.2) is 36.4 Å². The first kappa shape index (κ1) is 24.0. The zero-order valence-electron chi connectivity index (χ0n) is 18.4. The van der Waals surface area contributed by atoms with Gasteiger partial charge in [-0.1, -0.05) is 17.7 Å². The van der Waals surface area contributed by atoms with Crippen LogP contribution in [0, 0.1) is 6.92 Å². The number of rotatable bonds is 6. The van der Waals surface area contributed by atoms with Crippen molar-refractivity contribution in [2.45, 2.75) is 25.8 Å². The molecule has 0 aromatic heterocycles. The van der Waals surface area contributed by atoms with E-state index in [1.807, 2.05) is 31.2 Å². The SMILES string of the molecule is COc1cc(C(=O)NC2CCCN(C(=O)c3ccc(C)cc3)C2)cc(OC)c1OC.O. The third kappa shape index (κ3) is 5.46. The van der Waals surface area contributed by atoms with Gasteiger partial charge in [-0.2, -0.15) is 0 Å². The minimum Gasteiger partial charge on any atom is -0.493 e. The predicted octanol–water partition coefficient (Wildman–Crippen LogP) is 2.23. The molecule has 1 aliphatic heterocycles. The molecule has 31 heavy (non-hydrogen) atoms. The molecule has 2 amide bonds. The van der Waals surface area contributed by atoms with Gasteiger partial charge in [-0.15, -0.1) is 0 Å². The van der Waals surface area contributed by atoms with Crippen LogP contribution in [-0.2, 0) is 0 Å². The second kappa shape index (κ2) is 10.7. The second-order valence-corrected chi connectivity index (χ2v) is 7.34. The number of hydrogen-bond donors (Lipinski definition) is 1. The highest BCUT2D eigenvalue weighted by molar-refractivity contribution is 5.96. The van der Waals surface area contributed by atoms with Crippen LogP contribution in [0.1, 0.15) is 39.1 Å². The van der Waals surface area contributed by atoms with Gasteiger partial charge in [0.15, 0.2) is 11.5 Å². The predicted molar refractivity (Wildman–Crippen MR) is 117 cm³/mol. The van der Waals surface area contributed by atoms with Crippen LogP contribution in [-0.4, -0.2) is 62.7 Å². The topological polar surface area (TPSA) is 109 Å². The van der Waals surface area contributed by atoms with E-state index >= 15 is 0 Å². The lowest BCUT2D eigenvalue weighted by atomic mass is 10.0. The molecule has 1 saturated heterocycles. The van der Waals surface area contributed by atoms with Crippen molar-refractivity contribution < 1.29 is 29.3 Å². The van der Waals surface area contributed by atoms with E-state index in [-0.39, 0.29) is 23.3 Å². The molecule has 3 rings (SSSR count). The smallest absolute Gasteiger partial charge is 0.253 e. The molecule has 1 atom stereocenters. The summed E-state index contributed by atoms with van der Waals surface area (Å²) in [6, 6.07) is 10.7. The molecule has 1 heterocycles. The highest BCUT2D eigenvalue weighted by Gasteiger charge is 2.26. The van der Waals surface area contributed by atoms with E-state index < -0.39 is 0 Å². The maximum absolute atomic E-state index is 12.9. The first-order chi connectivity index (χ1) is 14.5. The number of likely N-dealkylation sites (tertiary alicyclic amines) is 1. The van der Waals surface area contributed by atoms with Crippen LogP contribution in [0.5, 0.6) is 17.2 Å². The van der Waals surface area contributed by atoms with E-state index in [0.717, 1.165) is 18.4 Å². The lowest BCUT2D eigenvalue weighted by molar-refractivity contribution is 0.0676. The molecule has 0 bridgehead atoms. The van der Waals surface area contributed by atoms with Crippen molar-refractivity contribution >= 4 is 11.8 Å². The normalized spacial score (nSPS) is 15.5. The van der Waals surface area contributed by atoms with Crippen molar-refractivity contribution in [3.05, 3.63) is 53.1 Å². The summed E-state index contributed by atoms with van der Waals surface area (Å²) in [4.78, 5) is 27.5. The summed E-state index contributed by atoms with van der Waals surface area (Å²) in [6.45, 7) is 3.15. The number of aryl methyl sites for hydroxylation is 1. The summed E-state index contributed by atoms with van der Waals surface area (Å²) in [5.74, 6) is 1.01. The van der Waals surface area contributed by atoms with E-state index in [1.54, 1.807) is 17.0 Å². The summed E-state index contributed by atoms with van der Waals surface area (Å²) >= 11 is 0. The molecule has 1 aliphatic rings. The number of nitrogens with zero attached hydrogens (tertiary/aromatic N) is 1. The Morgan fingerprint density at radius 3 is 2.13 bits per heavy atom. The van der Waals surface area contributed by atoms with Crippen molar-refractivity contribution in [1.82, 2.24) is 10.2 Å². The van der Waals surface area contributed by atoms with Gasteiger partial charge in [0.25, 0.3) is 11.8 Å². The Hall–Kier alpha value is -3.26. The third-order valence-corrected chi connectivity index (χ3v) is 5.27. The van der Waals surface area contributed by atoms with E-state index in [9.17, 15) is 9.59 Å². The number of ether oxygens (including phenoxy) is 3. The number of methoxy groups -OCH3 is 3. The monoisotopic (exact) mass is 430 g/mol. The molecule has 0 saturated carbocycles. The van der Waals surface area contributed by atoms with Crippen LogP contribution in [0.25, 0.3) is 0 Å². The fraction of sp³-hybridized carbons (Fsp3) is 0.391. The molecule has 0 spiro atoms. The highest BCUT2D eigenvalue weighted by Crippen LogP contribution is 2.38. The van der Waals surface area contributed by atoms with Gasteiger partial charge in [0.2, 0.25) is 5.75 Å². The summed E-state index contributed by atoms with van der Waals surface area (Å²) in [7, 11) is 4.53. The van der Waals surface area contributed by atoms with Gasteiger partial charge >= 0.3 is 0 Å². The number of carbonyl (C=O) groups excluding carboxylic acids is 2. The molecular weight excluding hydrogens is 400 g/mol. The maximum Gasteiger partial charge on any atom is 0.253 e. The van der Waals surface area contributed by atoms with Crippen molar-refractivity contribution in [3.8, 4) is 17.2 Å². The number of benzene rings is 2. The van der Waals surface area contributed by atoms with Gasteiger partial charge < -0.3 is 29.9 Å². The Bertz CT molecular complexity index is 888. The molecule has 1 unspecified atom stereocenters. The van der Waals surface area contributed by atoms with Gasteiger partial charge in [-0.25, -0.2) is 0 Å². The quantitative estimate of drug-likeness (QED) is 0.756. The molecule has 2 aromatic rings. The number of carbonyl (C=O) groups is 2. The molecule has 2 aromatic carbocycles. The van der Waals surface area contributed by atoms with Gasteiger partial charge in [0, 0.05) is 30.3 Å². The Labute approximate surface area is 182 Å². The summed E-state index contributed by atoms with van der Waals surface area (Å²) in [5, 5.41) is 3.04. The van der Waals surface area contributed by atoms with Crippen molar-refractivity contribution in [2.75, 3.05) is 34.4 Å². The van der Waals surface area contributed by atoms with Crippen LogP contribution in [0.3, 0.4) is 0 Å². The summed E-state index contributed by atoms with van der Waals surface area (Å²) < 4.78 is 16.0. The van der Waals surface area contributed by atoms with Crippen molar-refractivity contribution in [3.63, 3.8) is 0 Å². The van der Waals surface area contributed by atoms with E-state index in [1.165, 1.54) is 21.3 Å². The first-order valence-electron chi connectivity index (χ1n) is 9.93. The molecule has 8 heteroatoms. The Balaban J connectivity index is 0.00000341. The summed E-state index contributed by atoms with van der Waals surface area (Å²) in [5.41, 5.74) is 2.18. The largest absolute Gasteiger partial charge is 0.493 e. The maximum atomic E-state index is 12.9. The lowest BCUT2D eigenvalue weighted by Crippen LogP contribution is -2.49. The zero-order valence-corrected chi connectivity index (χ0v) is 18.4. The van der Waals surface area contributed by atoms with Crippen LogP contribution >= 0.6 is 0 Å². The van der Waals surface area contributed by atoms with Gasteiger partial charge in [-0.05, 0) is 44.0 Å².